The van der Waals surface area contributed by atoms with Crippen molar-refractivity contribution in [2.45, 2.75) is 103 Å². The molecule has 0 saturated heterocycles. The molecule has 0 saturated carbocycles. The van der Waals surface area contributed by atoms with Crippen LogP contribution in [0.3, 0.4) is 0 Å². The van der Waals surface area contributed by atoms with Crippen LogP contribution in [0.2, 0.25) is 0 Å². The zero-order valence-electron chi connectivity index (χ0n) is 14.5. The average molecular weight is 299 g/mol. The molecular formula is C18H38N2O. The molecule has 1 atom stereocenters. The van der Waals surface area contributed by atoms with E-state index in [0.29, 0.717) is 6.42 Å². The number of unbranched alkanes of at least 4 members (excludes halogenated alkanes) is 11. The second kappa shape index (κ2) is 15.8. The fourth-order valence-corrected chi connectivity index (χ4v) is 2.49. The highest BCUT2D eigenvalue weighted by Crippen LogP contribution is 2.11. The van der Waals surface area contributed by atoms with Gasteiger partial charge in [-0.05, 0) is 12.8 Å². The fourth-order valence-electron chi connectivity index (χ4n) is 2.49. The van der Waals surface area contributed by atoms with Crippen LogP contribution in [0.15, 0.2) is 0 Å². The minimum Gasteiger partial charge on any atom is -0.355 e. The average Bonchev–Trinajstić information content (AvgIpc) is 2.50. The molecule has 1 amide bonds. The molecule has 0 aliphatic rings. The molecule has 0 fully saturated rings. The highest BCUT2D eigenvalue weighted by molar-refractivity contribution is 5.81. The molecule has 3 N–H and O–H groups in total. The van der Waals surface area contributed by atoms with Gasteiger partial charge in [-0.25, -0.2) is 0 Å². The molecule has 0 aromatic rings. The summed E-state index contributed by atoms with van der Waals surface area (Å²) in [6.45, 7) is 4.99. The zero-order valence-corrected chi connectivity index (χ0v) is 14.5. The Kier molecular flexibility index (Phi) is 15.4. The lowest BCUT2D eigenvalue weighted by atomic mass is 10.1. The van der Waals surface area contributed by atoms with Gasteiger partial charge in [0.2, 0.25) is 5.91 Å². The summed E-state index contributed by atoms with van der Waals surface area (Å²) in [5, 5.41) is 2.90. The van der Waals surface area contributed by atoms with Crippen LogP contribution in [0.4, 0.5) is 0 Å². The van der Waals surface area contributed by atoms with E-state index >= 15 is 0 Å². The van der Waals surface area contributed by atoms with Crippen LogP contribution in [0.1, 0.15) is 97.3 Å². The van der Waals surface area contributed by atoms with Crippen LogP contribution in [-0.2, 0) is 4.79 Å². The molecule has 0 aromatic carbocycles. The summed E-state index contributed by atoms with van der Waals surface area (Å²) in [6.07, 6.45) is 16.8. The largest absolute Gasteiger partial charge is 0.355 e. The first-order valence-electron chi connectivity index (χ1n) is 9.25. The maximum Gasteiger partial charge on any atom is 0.236 e. The predicted molar refractivity (Wildman–Crippen MR) is 92.4 cm³/mol. The van der Waals surface area contributed by atoms with E-state index in [1.165, 1.54) is 70.6 Å². The van der Waals surface area contributed by atoms with Gasteiger partial charge in [-0.15, -0.1) is 0 Å². The number of rotatable bonds is 15. The lowest BCUT2D eigenvalue weighted by Gasteiger charge is -2.09. The van der Waals surface area contributed by atoms with E-state index in [9.17, 15) is 4.79 Å². The smallest absolute Gasteiger partial charge is 0.236 e. The Labute approximate surface area is 132 Å². The van der Waals surface area contributed by atoms with Crippen molar-refractivity contribution < 1.29 is 4.79 Å². The number of nitrogens with one attached hydrogen (secondary N) is 1. The van der Waals surface area contributed by atoms with Crippen molar-refractivity contribution in [1.82, 2.24) is 5.32 Å². The van der Waals surface area contributed by atoms with E-state index in [1.807, 2.05) is 6.92 Å². The Morgan fingerprint density at radius 2 is 1.24 bits per heavy atom. The second-order valence-corrected chi connectivity index (χ2v) is 6.19. The molecule has 0 radical (unpaired) electrons. The second-order valence-electron chi connectivity index (χ2n) is 6.19. The van der Waals surface area contributed by atoms with Gasteiger partial charge in [-0.1, -0.05) is 84.5 Å². The molecule has 126 valence electrons. The van der Waals surface area contributed by atoms with Crippen LogP contribution in [-0.4, -0.2) is 18.5 Å². The quantitative estimate of drug-likeness (QED) is 0.436. The topological polar surface area (TPSA) is 55.1 Å². The molecular weight excluding hydrogens is 260 g/mol. The molecule has 0 spiro atoms. The summed E-state index contributed by atoms with van der Waals surface area (Å²) in [5.74, 6) is 0.000531. The Bertz CT molecular complexity index is 231. The SMILES string of the molecule is CCCCCCCCCCCCCCNC(=O)[C@@H](N)CC. The van der Waals surface area contributed by atoms with Crippen LogP contribution in [0.5, 0.6) is 0 Å². The molecule has 0 rings (SSSR count). The van der Waals surface area contributed by atoms with E-state index < -0.39 is 0 Å². The molecule has 21 heavy (non-hydrogen) atoms. The minimum atomic E-state index is -0.331. The first-order chi connectivity index (χ1) is 10.2. The number of amides is 1. The molecule has 0 aliphatic carbocycles. The molecule has 0 heterocycles. The molecule has 3 heteroatoms. The lowest BCUT2D eigenvalue weighted by molar-refractivity contribution is -0.122. The van der Waals surface area contributed by atoms with Crippen molar-refractivity contribution >= 4 is 5.91 Å². The summed E-state index contributed by atoms with van der Waals surface area (Å²) >= 11 is 0. The number of hydrogen-bond acceptors (Lipinski definition) is 2. The van der Waals surface area contributed by atoms with E-state index in [2.05, 4.69) is 12.2 Å². The third-order valence-corrected chi connectivity index (χ3v) is 4.11. The third-order valence-electron chi connectivity index (χ3n) is 4.11. The monoisotopic (exact) mass is 298 g/mol. The van der Waals surface area contributed by atoms with Crippen LogP contribution >= 0.6 is 0 Å². The van der Waals surface area contributed by atoms with Gasteiger partial charge in [-0.2, -0.15) is 0 Å². The molecule has 0 aliphatic heterocycles. The standard InChI is InChI=1S/C18H38N2O/c1-3-5-6-7-8-9-10-11-12-13-14-15-16-20-18(21)17(19)4-2/h17H,3-16,19H2,1-2H3,(H,20,21)/t17-/m0/s1. The van der Waals surface area contributed by atoms with Crippen molar-refractivity contribution in [3.05, 3.63) is 0 Å². The Morgan fingerprint density at radius 1 is 0.810 bits per heavy atom. The first-order valence-corrected chi connectivity index (χ1v) is 9.25. The fraction of sp³-hybridized carbons (Fsp3) is 0.944. The minimum absolute atomic E-state index is 0.000531. The van der Waals surface area contributed by atoms with Crippen LogP contribution in [0.25, 0.3) is 0 Å². The molecule has 0 unspecified atom stereocenters. The molecule has 0 bridgehead atoms. The van der Waals surface area contributed by atoms with Crippen molar-refractivity contribution in [2.75, 3.05) is 6.54 Å². The summed E-state index contributed by atoms with van der Waals surface area (Å²) in [7, 11) is 0. The normalized spacial score (nSPS) is 12.3. The molecule has 3 nitrogen and oxygen atoms in total. The summed E-state index contributed by atoms with van der Waals surface area (Å²) in [4.78, 5) is 11.4. The van der Waals surface area contributed by atoms with Gasteiger partial charge in [0.05, 0.1) is 6.04 Å². The van der Waals surface area contributed by atoms with Gasteiger partial charge in [0.15, 0.2) is 0 Å². The third kappa shape index (κ3) is 14.1. The zero-order chi connectivity index (χ0) is 15.8. The maximum absolute atomic E-state index is 11.4. The summed E-state index contributed by atoms with van der Waals surface area (Å²) < 4.78 is 0. The van der Waals surface area contributed by atoms with Crippen LogP contribution < -0.4 is 11.1 Å². The van der Waals surface area contributed by atoms with Crippen molar-refractivity contribution in [3.8, 4) is 0 Å². The van der Waals surface area contributed by atoms with Gasteiger partial charge in [-0.3, -0.25) is 4.79 Å². The number of nitrogens with two attached hydrogens (primary N) is 1. The van der Waals surface area contributed by atoms with Gasteiger partial charge < -0.3 is 11.1 Å². The Morgan fingerprint density at radius 3 is 1.67 bits per heavy atom. The van der Waals surface area contributed by atoms with E-state index in [1.54, 1.807) is 0 Å². The van der Waals surface area contributed by atoms with E-state index in [-0.39, 0.29) is 11.9 Å². The Hall–Kier alpha value is -0.570. The van der Waals surface area contributed by atoms with Crippen molar-refractivity contribution in [1.29, 1.82) is 0 Å². The van der Waals surface area contributed by atoms with Gasteiger partial charge in [0.1, 0.15) is 0 Å². The maximum atomic E-state index is 11.4. The van der Waals surface area contributed by atoms with E-state index in [4.69, 9.17) is 5.73 Å². The van der Waals surface area contributed by atoms with Gasteiger partial charge in [0.25, 0.3) is 0 Å². The van der Waals surface area contributed by atoms with Gasteiger partial charge >= 0.3 is 0 Å². The lowest BCUT2D eigenvalue weighted by Crippen LogP contribution is -2.40. The highest BCUT2D eigenvalue weighted by Gasteiger charge is 2.08. The summed E-state index contributed by atoms with van der Waals surface area (Å²) in [6, 6.07) is -0.331. The van der Waals surface area contributed by atoms with Crippen molar-refractivity contribution in [3.63, 3.8) is 0 Å². The van der Waals surface area contributed by atoms with Crippen molar-refractivity contribution in [2.24, 2.45) is 5.73 Å². The summed E-state index contributed by atoms with van der Waals surface area (Å²) in [5.41, 5.74) is 5.65. The number of carbonyl (C=O) groups excluding carboxylic acids is 1. The predicted octanol–water partition coefficient (Wildman–Crippen LogP) is 4.54. The molecule has 0 aromatic heterocycles. The highest BCUT2D eigenvalue weighted by atomic mass is 16.2. The first kappa shape index (κ1) is 20.4. The van der Waals surface area contributed by atoms with E-state index in [0.717, 1.165) is 13.0 Å². The van der Waals surface area contributed by atoms with Crippen LogP contribution in [0, 0.1) is 0 Å². The number of carbonyl (C=O) groups is 1. The van der Waals surface area contributed by atoms with Gasteiger partial charge in [0, 0.05) is 6.54 Å². The number of hydrogen-bond donors (Lipinski definition) is 2. The Balaban J connectivity index is 3.11.